The summed E-state index contributed by atoms with van der Waals surface area (Å²) in [5.41, 5.74) is -0.884. The van der Waals surface area contributed by atoms with Crippen molar-refractivity contribution in [3.63, 3.8) is 0 Å². The van der Waals surface area contributed by atoms with Gasteiger partial charge in [0.25, 0.3) is 0 Å². The van der Waals surface area contributed by atoms with E-state index in [2.05, 4.69) is 44.5 Å². The second kappa shape index (κ2) is 9.13. The van der Waals surface area contributed by atoms with E-state index in [1.165, 1.54) is 14.2 Å². The van der Waals surface area contributed by atoms with Crippen LogP contribution in [0.25, 0.3) is 0 Å². The van der Waals surface area contributed by atoms with Gasteiger partial charge in [-0.15, -0.1) is 0 Å². The first-order chi connectivity index (χ1) is 13.4. The molecule has 0 aliphatic heterocycles. The van der Waals surface area contributed by atoms with Crippen molar-refractivity contribution in [1.82, 2.24) is 0 Å². The number of aliphatic hydroxyl groups excluding tert-OH is 1. The fourth-order valence-corrected chi connectivity index (χ4v) is 6.64. The minimum absolute atomic E-state index is 0.403. The largest absolute Gasteiger partial charge is 0.497 e. The molecule has 0 heterocycles. The lowest BCUT2D eigenvalue weighted by Crippen LogP contribution is -2.64. The molecule has 5 nitrogen and oxygen atoms in total. The number of aliphatic hydroxyl groups is 1. The lowest BCUT2D eigenvalue weighted by atomic mass is 9.79. The van der Waals surface area contributed by atoms with Gasteiger partial charge < -0.3 is 23.7 Å². The molecule has 0 saturated carbocycles. The molecule has 2 aliphatic rings. The van der Waals surface area contributed by atoms with E-state index in [1.807, 2.05) is 0 Å². The third-order valence-corrected chi connectivity index (χ3v) is 10.3. The normalized spacial score (nSPS) is 26.6. The van der Waals surface area contributed by atoms with Gasteiger partial charge in [-0.1, -0.05) is 44.5 Å². The van der Waals surface area contributed by atoms with Gasteiger partial charge in [-0.05, 0) is 36.4 Å². The van der Waals surface area contributed by atoms with Crippen LogP contribution in [0, 0.1) is 23.7 Å². The van der Waals surface area contributed by atoms with Crippen molar-refractivity contribution in [2.45, 2.75) is 56.4 Å². The molecule has 28 heavy (non-hydrogen) atoms. The quantitative estimate of drug-likeness (QED) is 0.384. The molecule has 0 amide bonds. The number of fused-ring (bicyclic) bond motifs is 2. The molecule has 2 bridgehead atoms. The van der Waals surface area contributed by atoms with Gasteiger partial charge >= 0.3 is 0 Å². The molecule has 0 spiro atoms. The van der Waals surface area contributed by atoms with E-state index >= 15 is 0 Å². The second-order valence-electron chi connectivity index (χ2n) is 6.75. The van der Waals surface area contributed by atoms with Crippen LogP contribution in [0.15, 0.2) is 35.6 Å². The summed E-state index contributed by atoms with van der Waals surface area (Å²) in [5, 5.41) is 10.8. The molecule has 0 aromatic carbocycles. The zero-order valence-corrected chi connectivity index (χ0v) is 18.6. The third kappa shape index (κ3) is 3.72. The Morgan fingerprint density at radius 2 is 1.64 bits per heavy atom. The van der Waals surface area contributed by atoms with Crippen molar-refractivity contribution in [1.29, 1.82) is 0 Å². The zero-order chi connectivity index (χ0) is 20.8. The van der Waals surface area contributed by atoms with Crippen molar-refractivity contribution in [3.8, 4) is 23.7 Å². The Labute approximate surface area is 169 Å². The van der Waals surface area contributed by atoms with Crippen LogP contribution in [0.3, 0.4) is 0 Å². The molecule has 0 saturated heterocycles. The fraction of sp³-hybridized carbons (Fsp3) is 0.545. The zero-order valence-electron chi connectivity index (χ0n) is 17.6. The Morgan fingerprint density at radius 3 is 2.18 bits per heavy atom. The van der Waals surface area contributed by atoms with Crippen LogP contribution in [-0.2, 0) is 18.6 Å². The predicted molar refractivity (Wildman–Crippen MR) is 112 cm³/mol. The van der Waals surface area contributed by atoms with E-state index in [-0.39, 0.29) is 0 Å². The first-order valence-electron chi connectivity index (χ1n) is 9.58. The van der Waals surface area contributed by atoms with Gasteiger partial charge in [0.2, 0.25) is 11.4 Å². The summed E-state index contributed by atoms with van der Waals surface area (Å²) in [5.74, 6) is 10.9. The summed E-state index contributed by atoms with van der Waals surface area (Å²) in [6.07, 6.45) is 5.60. The number of allylic oxidation sites excluding steroid dienone is 3. The van der Waals surface area contributed by atoms with Crippen LogP contribution in [-0.4, -0.2) is 52.2 Å². The number of hydrogen-bond acceptors (Lipinski definition) is 5. The van der Waals surface area contributed by atoms with Gasteiger partial charge in [0.15, 0.2) is 8.32 Å². The number of hydrogen-bond donors (Lipinski definition) is 1. The van der Waals surface area contributed by atoms with E-state index in [1.54, 1.807) is 31.4 Å². The maximum atomic E-state index is 10.8. The van der Waals surface area contributed by atoms with Gasteiger partial charge in [-0.25, -0.2) is 0 Å². The van der Waals surface area contributed by atoms with E-state index in [9.17, 15) is 5.11 Å². The lowest BCUT2D eigenvalue weighted by Gasteiger charge is -2.50. The summed E-state index contributed by atoms with van der Waals surface area (Å²) in [4.78, 5) is 0. The van der Waals surface area contributed by atoms with Crippen LogP contribution >= 0.6 is 0 Å². The summed E-state index contributed by atoms with van der Waals surface area (Å²) in [7, 11) is 2.44. The molecular formula is C22H30O5Si. The third-order valence-electron chi connectivity index (χ3n) is 5.66. The molecule has 0 aromatic heterocycles. The average molecular weight is 403 g/mol. The highest BCUT2D eigenvalue weighted by molar-refractivity contribution is 6.73. The number of methoxy groups -OCH3 is 3. The molecule has 1 N–H and O–H groups in total. The minimum Gasteiger partial charge on any atom is -0.497 e. The Kier molecular flexibility index (Phi) is 7.33. The summed E-state index contributed by atoms with van der Waals surface area (Å²) < 4.78 is 24.3. The van der Waals surface area contributed by atoms with E-state index in [0.29, 0.717) is 11.3 Å². The van der Waals surface area contributed by atoms with Crippen molar-refractivity contribution in [2.24, 2.45) is 0 Å². The number of rotatable bonds is 8. The highest BCUT2D eigenvalue weighted by Crippen LogP contribution is 2.46. The Morgan fingerprint density at radius 1 is 1.04 bits per heavy atom. The Bertz CT molecular complexity index is 773. The maximum Gasteiger partial charge on any atom is 0.239 e. The van der Waals surface area contributed by atoms with Gasteiger partial charge in [-0.3, -0.25) is 0 Å². The van der Waals surface area contributed by atoms with Gasteiger partial charge in [0.1, 0.15) is 11.9 Å². The van der Waals surface area contributed by atoms with Gasteiger partial charge in [-0.2, -0.15) is 0 Å². The number of ether oxygens (including phenoxy) is 3. The molecule has 2 atom stereocenters. The van der Waals surface area contributed by atoms with Crippen LogP contribution in [0.4, 0.5) is 0 Å². The maximum absolute atomic E-state index is 10.8. The molecule has 0 unspecified atom stereocenters. The smallest absolute Gasteiger partial charge is 0.239 e. The van der Waals surface area contributed by atoms with E-state index in [4.69, 9.17) is 18.6 Å². The molecule has 0 aromatic rings. The molecule has 152 valence electrons. The molecule has 2 rings (SSSR count). The van der Waals surface area contributed by atoms with Crippen LogP contribution in [0.2, 0.25) is 18.1 Å². The monoisotopic (exact) mass is 402 g/mol. The SMILES string of the molecule is CC[Si](CC)(CC)O[C@@]12C#C/C=C\C#C[C@H](O)C(=CC(OC)=C1)C2(OC)OC. The van der Waals surface area contributed by atoms with Crippen LogP contribution < -0.4 is 0 Å². The van der Waals surface area contributed by atoms with Crippen molar-refractivity contribution in [3.05, 3.63) is 35.6 Å². The van der Waals surface area contributed by atoms with Crippen molar-refractivity contribution in [2.75, 3.05) is 21.3 Å². The Hall–Kier alpha value is -1.80. The van der Waals surface area contributed by atoms with Crippen molar-refractivity contribution < 1.29 is 23.7 Å². The average Bonchev–Trinajstić information content (AvgIpc) is 2.73. The summed E-state index contributed by atoms with van der Waals surface area (Å²) in [6.45, 7) is 6.43. The summed E-state index contributed by atoms with van der Waals surface area (Å²) >= 11 is 0. The molecule has 6 heteroatoms. The fourth-order valence-electron chi connectivity index (χ4n) is 3.78. The van der Waals surface area contributed by atoms with Crippen LogP contribution in [0.1, 0.15) is 20.8 Å². The van der Waals surface area contributed by atoms with E-state index < -0.39 is 25.8 Å². The molecule has 2 aliphatic carbocycles. The van der Waals surface area contributed by atoms with Gasteiger partial charge in [0, 0.05) is 25.9 Å². The topological polar surface area (TPSA) is 57.2 Å². The second-order valence-corrected chi connectivity index (χ2v) is 11.4. The Balaban J connectivity index is 2.86. The first kappa shape index (κ1) is 22.5. The van der Waals surface area contributed by atoms with E-state index in [0.717, 1.165) is 18.1 Å². The van der Waals surface area contributed by atoms with Crippen molar-refractivity contribution >= 4 is 8.32 Å². The highest BCUT2D eigenvalue weighted by atomic mass is 28.4. The minimum atomic E-state index is -2.18. The molecule has 0 radical (unpaired) electrons. The highest BCUT2D eigenvalue weighted by Gasteiger charge is 2.60. The summed E-state index contributed by atoms with van der Waals surface area (Å²) in [6, 6.07) is 2.75. The van der Waals surface area contributed by atoms with Gasteiger partial charge in [0.05, 0.1) is 7.11 Å². The standard InChI is InChI=1S/C22H30O5Si/c1-7-28(8-2,9-3)27-21-15-13-11-10-12-14-20(23)19(16-18(17-21)24-4)22(21,25-5)26-6/h10-11,16-17,20,23H,7-9H2,1-6H3/b11-10-/t20-,21-/m0/s1. The van der Waals surface area contributed by atoms with Crippen LogP contribution in [0.5, 0.6) is 0 Å². The lowest BCUT2D eigenvalue weighted by molar-refractivity contribution is -0.246. The first-order valence-corrected chi connectivity index (χ1v) is 12.1. The molecular weight excluding hydrogens is 372 g/mol. The molecule has 0 fully saturated rings. The predicted octanol–water partition coefficient (Wildman–Crippen LogP) is 3.14.